The predicted octanol–water partition coefficient (Wildman–Crippen LogP) is 1.61. The Bertz CT molecular complexity index is 510. The molecule has 0 fully saturated rings. The second kappa shape index (κ2) is 6.92. The van der Waals surface area contributed by atoms with Gasteiger partial charge in [-0.05, 0) is 26.8 Å². The number of nitrogens with zero attached hydrogens (tertiary/aromatic N) is 1. The molecule has 0 aliphatic heterocycles. The molecule has 21 heavy (non-hydrogen) atoms. The summed E-state index contributed by atoms with van der Waals surface area (Å²) in [5.41, 5.74) is -0.109. The Hall–Kier alpha value is -2.31. The van der Waals surface area contributed by atoms with Crippen molar-refractivity contribution in [3.8, 4) is 5.75 Å². The van der Waals surface area contributed by atoms with E-state index in [1.807, 2.05) is 0 Å². The van der Waals surface area contributed by atoms with E-state index in [4.69, 9.17) is 9.47 Å². The van der Waals surface area contributed by atoms with Gasteiger partial charge in [-0.1, -0.05) is 0 Å². The number of carbonyl (C=O) groups excluding carboxylic acids is 1. The second-order valence-electron chi connectivity index (χ2n) is 5.43. The van der Waals surface area contributed by atoms with Crippen LogP contribution in [-0.2, 0) is 16.0 Å². The number of aliphatic carboxylic acids is 1. The number of pyridine rings is 1. The molecule has 1 heterocycles. The fourth-order valence-electron chi connectivity index (χ4n) is 1.64. The summed E-state index contributed by atoms with van der Waals surface area (Å²) in [5, 5.41) is 11.5. The minimum absolute atomic E-state index is 0.0472. The van der Waals surface area contributed by atoms with E-state index >= 15 is 0 Å². The summed E-state index contributed by atoms with van der Waals surface area (Å²) in [5.74, 6) is -0.644. The van der Waals surface area contributed by atoms with Crippen molar-refractivity contribution in [1.82, 2.24) is 10.3 Å². The molecular weight excluding hydrogens is 276 g/mol. The van der Waals surface area contributed by atoms with Crippen molar-refractivity contribution in [3.05, 3.63) is 24.0 Å². The van der Waals surface area contributed by atoms with Gasteiger partial charge in [-0.3, -0.25) is 4.98 Å². The zero-order valence-corrected chi connectivity index (χ0v) is 12.5. The molecule has 0 radical (unpaired) electrons. The zero-order valence-electron chi connectivity index (χ0n) is 12.5. The highest BCUT2D eigenvalue weighted by Gasteiger charge is 2.25. The molecular formula is C14H20N2O5. The first kappa shape index (κ1) is 16.7. The molecule has 116 valence electrons. The maximum Gasteiger partial charge on any atom is 0.408 e. The van der Waals surface area contributed by atoms with Gasteiger partial charge in [0.1, 0.15) is 17.4 Å². The Morgan fingerprint density at radius 1 is 1.43 bits per heavy atom. The number of hydrogen-bond donors (Lipinski definition) is 2. The Morgan fingerprint density at radius 3 is 2.62 bits per heavy atom. The van der Waals surface area contributed by atoms with Crippen LogP contribution in [0.3, 0.4) is 0 Å². The van der Waals surface area contributed by atoms with E-state index in [1.165, 1.54) is 13.3 Å². The van der Waals surface area contributed by atoms with E-state index in [2.05, 4.69) is 10.3 Å². The minimum Gasteiger partial charge on any atom is -0.496 e. The van der Waals surface area contributed by atoms with Gasteiger partial charge in [-0.15, -0.1) is 0 Å². The molecule has 0 saturated heterocycles. The highest BCUT2D eigenvalue weighted by molar-refractivity contribution is 5.80. The largest absolute Gasteiger partial charge is 0.496 e. The van der Waals surface area contributed by atoms with Gasteiger partial charge < -0.3 is 19.9 Å². The Labute approximate surface area is 123 Å². The summed E-state index contributed by atoms with van der Waals surface area (Å²) < 4.78 is 10.2. The summed E-state index contributed by atoms with van der Waals surface area (Å²) in [7, 11) is 1.48. The molecule has 1 rings (SSSR count). The van der Waals surface area contributed by atoms with Crippen molar-refractivity contribution in [1.29, 1.82) is 0 Å². The Kier molecular flexibility index (Phi) is 5.52. The lowest BCUT2D eigenvalue weighted by atomic mass is 10.1. The monoisotopic (exact) mass is 296 g/mol. The van der Waals surface area contributed by atoms with Crippen molar-refractivity contribution in [3.63, 3.8) is 0 Å². The maximum absolute atomic E-state index is 11.7. The Balaban J connectivity index is 2.79. The number of amides is 1. The molecule has 1 aromatic heterocycles. The molecule has 1 unspecified atom stereocenters. The number of nitrogens with one attached hydrogen (secondary N) is 1. The zero-order chi connectivity index (χ0) is 16.0. The topological polar surface area (TPSA) is 97.8 Å². The van der Waals surface area contributed by atoms with E-state index in [-0.39, 0.29) is 6.42 Å². The molecule has 1 amide bonds. The lowest BCUT2D eigenvalue weighted by Crippen LogP contribution is -2.44. The number of methoxy groups -OCH3 is 1. The number of aromatic nitrogens is 1. The lowest BCUT2D eigenvalue weighted by Gasteiger charge is -2.22. The third-order valence-electron chi connectivity index (χ3n) is 2.49. The van der Waals surface area contributed by atoms with Crippen LogP contribution >= 0.6 is 0 Å². The smallest absolute Gasteiger partial charge is 0.408 e. The van der Waals surface area contributed by atoms with Crippen molar-refractivity contribution in [2.45, 2.75) is 38.8 Å². The van der Waals surface area contributed by atoms with Crippen LogP contribution in [0.2, 0.25) is 0 Å². The number of hydrogen-bond acceptors (Lipinski definition) is 5. The maximum atomic E-state index is 11.7. The first-order chi connectivity index (χ1) is 9.73. The highest BCUT2D eigenvalue weighted by Crippen LogP contribution is 2.18. The van der Waals surface area contributed by atoms with Crippen LogP contribution in [0.15, 0.2) is 18.5 Å². The van der Waals surface area contributed by atoms with Gasteiger partial charge >= 0.3 is 12.1 Å². The van der Waals surface area contributed by atoms with Crippen molar-refractivity contribution < 1.29 is 24.2 Å². The van der Waals surface area contributed by atoms with E-state index in [0.717, 1.165) is 0 Å². The third-order valence-corrected chi connectivity index (χ3v) is 2.49. The van der Waals surface area contributed by atoms with Crippen LogP contribution in [0.5, 0.6) is 5.75 Å². The quantitative estimate of drug-likeness (QED) is 0.856. The fraction of sp³-hybridized carbons (Fsp3) is 0.500. The first-order valence-corrected chi connectivity index (χ1v) is 6.42. The normalized spacial score (nSPS) is 12.4. The summed E-state index contributed by atoms with van der Waals surface area (Å²) >= 11 is 0. The fourth-order valence-corrected chi connectivity index (χ4v) is 1.64. The van der Waals surface area contributed by atoms with Crippen molar-refractivity contribution in [2.75, 3.05) is 7.11 Å². The molecule has 0 bridgehead atoms. The van der Waals surface area contributed by atoms with Crippen molar-refractivity contribution >= 4 is 12.1 Å². The van der Waals surface area contributed by atoms with Gasteiger partial charge in [0.25, 0.3) is 0 Å². The van der Waals surface area contributed by atoms with E-state index in [1.54, 1.807) is 33.0 Å². The number of ether oxygens (including phenoxy) is 2. The molecule has 0 aliphatic rings. The van der Waals surface area contributed by atoms with Gasteiger partial charge in [0, 0.05) is 24.4 Å². The van der Waals surface area contributed by atoms with E-state index < -0.39 is 23.7 Å². The molecule has 7 nitrogen and oxygen atoms in total. The summed E-state index contributed by atoms with van der Waals surface area (Å²) in [6.45, 7) is 5.10. The van der Waals surface area contributed by atoms with Crippen LogP contribution in [0.1, 0.15) is 26.3 Å². The average molecular weight is 296 g/mol. The van der Waals surface area contributed by atoms with Gasteiger partial charge in [-0.25, -0.2) is 9.59 Å². The van der Waals surface area contributed by atoms with Gasteiger partial charge in [0.2, 0.25) is 0 Å². The summed E-state index contributed by atoms with van der Waals surface area (Å²) in [6.07, 6.45) is 2.31. The van der Waals surface area contributed by atoms with Crippen LogP contribution in [0, 0.1) is 0 Å². The molecule has 1 aromatic rings. The molecule has 0 saturated carbocycles. The highest BCUT2D eigenvalue weighted by atomic mass is 16.6. The molecule has 0 aliphatic carbocycles. The number of carbonyl (C=O) groups is 2. The van der Waals surface area contributed by atoms with Crippen LogP contribution in [0.25, 0.3) is 0 Å². The molecule has 1 atom stereocenters. The number of rotatable bonds is 5. The predicted molar refractivity (Wildman–Crippen MR) is 75.3 cm³/mol. The molecule has 7 heteroatoms. The van der Waals surface area contributed by atoms with Gasteiger partial charge in [-0.2, -0.15) is 0 Å². The van der Waals surface area contributed by atoms with Crippen molar-refractivity contribution in [2.24, 2.45) is 0 Å². The van der Waals surface area contributed by atoms with Crippen LogP contribution < -0.4 is 10.1 Å². The first-order valence-electron chi connectivity index (χ1n) is 6.42. The summed E-state index contributed by atoms with van der Waals surface area (Å²) in [4.78, 5) is 26.9. The summed E-state index contributed by atoms with van der Waals surface area (Å²) in [6, 6.07) is 0.500. The molecule has 0 spiro atoms. The van der Waals surface area contributed by atoms with E-state index in [0.29, 0.717) is 11.3 Å². The Morgan fingerprint density at radius 2 is 2.10 bits per heavy atom. The average Bonchev–Trinajstić information content (AvgIpc) is 2.36. The number of alkyl carbamates (subject to hydrolysis) is 1. The SMILES string of the molecule is COc1ccncc1CC(NC(=O)OC(C)(C)C)C(=O)O. The molecule has 2 N–H and O–H groups in total. The van der Waals surface area contributed by atoms with Crippen LogP contribution in [-0.4, -0.2) is 40.9 Å². The molecule has 0 aromatic carbocycles. The standard InChI is InChI=1S/C14H20N2O5/c1-14(2,3)21-13(19)16-10(12(17)18)7-9-8-15-6-5-11(9)20-4/h5-6,8,10H,7H2,1-4H3,(H,16,19)(H,17,18). The second-order valence-corrected chi connectivity index (χ2v) is 5.43. The minimum atomic E-state index is -1.16. The van der Waals surface area contributed by atoms with E-state index in [9.17, 15) is 14.7 Å². The number of carboxylic acids is 1. The van der Waals surface area contributed by atoms with Crippen LogP contribution in [0.4, 0.5) is 4.79 Å². The third kappa shape index (κ3) is 5.68. The van der Waals surface area contributed by atoms with Gasteiger partial charge in [0.15, 0.2) is 0 Å². The van der Waals surface area contributed by atoms with Gasteiger partial charge in [0.05, 0.1) is 7.11 Å². The lowest BCUT2D eigenvalue weighted by molar-refractivity contribution is -0.139. The number of carboxylic acid groups (broad SMARTS) is 1.